The van der Waals surface area contributed by atoms with Gasteiger partial charge in [-0.2, -0.15) is 0 Å². The Labute approximate surface area is 90.6 Å². The predicted octanol–water partition coefficient (Wildman–Crippen LogP) is -0.0307. The van der Waals surface area contributed by atoms with Gasteiger partial charge in [0.05, 0.1) is 6.10 Å². The monoisotopic (exact) mass is 212 g/mol. The normalized spacial score (nSPS) is 28.3. The average Bonchev–Trinajstić information content (AvgIpc) is 2.66. The van der Waals surface area contributed by atoms with E-state index in [-0.39, 0.29) is 12.0 Å². The molecule has 0 aliphatic carbocycles. The van der Waals surface area contributed by atoms with Gasteiger partial charge in [-0.25, -0.2) is 0 Å². The van der Waals surface area contributed by atoms with E-state index in [1.807, 2.05) is 4.90 Å². The molecule has 2 N–H and O–H groups in total. The van der Waals surface area contributed by atoms with Crippen molar-refractivity contribution in [3.05, 3.63) is 0 Å². The molecule has 0 spiro atoms. The fraction of sp³-hybridized carbons (Fsp3) is 0.909. The molecule has 0 aromatic rings. The summed E-state index contributed by atoms with van der Waals surface area (Å²) in [7, 11) is 0. The number of nitrogens with zero attached hydrogens (tertiary/aromatic N) is 1. The van der Waals surface area contributed by atoms with E-state index in [0.717, 1.165) is 38.9 Å². The van der Waals surface area contributed by atoms with Crippen molar-refractivity contribution >= 4 is 5.91 Å². The summed E-state index contributed by atoms with van der Waals surface area (Å²) in [6.07, 6.45) is 3.36. The van der Waals surface area contributed by atoms with Crippen LogP contribution in [0.3, 0.4) is 0 Å². The second-order valence-corrected chi connectivity index (χ2v) is 4.68. The van der Waals surface area contributed by atoms with E-state index in [4.69, 9.17) is 0 Å². The molecule has 2 saturated heterocycles. The lowest BCUT2D eigenvalue weighted by Gasteiger charge is -2.24. The highest BCUT2D eigenvalue weighted by molar-refractivity contribution is 5.76. The van der Waals surface area contributed by atoms with Gasteiger partial charge >= 0.3 is 0 Å². The largest absolute Gasteiger partial charge is 0.391 e. The molecule has 1 amide bonds. The molecule has 2 heterocycles. The minimum Gasteiger partial charge on any atom is -0.391 e. The summed E-state index contributed by atoms with van der Waals surface area (Å²) in [4.78, 5) is 13.7. The van der Waals surface area contributed by atoms with Crippen LogP contribution in [0.2, 0.25) is 0 Å². The zero-order valence-electron chi connectivity index (χ0n) is 9.11. The Balaban J connectivity index is 1.76. The topological polar surface area (TPSA) is 52.6 Å². The second-order valence-electron chi connectivity index (χ2n) is 4.68. The van der Waals surface area contributed by atoms with Gasteiger partial charge in [0.1, 0.15) is 0 Å². The van der Waals surface area contributed by atoms with Crippen molar-refractivity contribution in [2.75, 3.05) is 26.2 Å². The third kappa shape index (κ3) is 2.92. The molecule has 4 heteroatoms. The van der Waals surface area contributed by atoms with Crippen molar-refractivity contribution in [3.63, 3.8) is 0 Å². The third-order valence-corrected chi connectivity index (χ3v) is 3.44. The molecule has 4 nitrogen and oxygen atoms in total. The van der Waals surface area contributed by atoms with Crippen LogP contribution in [0.5, 0.6) is 0 Å². The molecule has 0 aromatic heterocycles. The molecule has 0 radical (unpaired) electrons. The maximum Gasteiger partial charge on any atom is 0.222 e. The summed E-state index contributed by atoms with van der Waals surface area (Å²) in [5.41, 5.74) is 0. The lowest BCUT2D eigenvalue weighted by molar-refractivity contribution is -0.131. The molecule has 0 aromatic carbocycles. The Morgan fingerprint density at radius 1 is 1.33 bits per heavy atom. The lowest BCUT2D eigenvalue weighted by atomic mass is 9.94. The van der Waals surface area contributed by atoms with Crippen LogP contribution < -0.4 is 5.32 Å². The smallest absolute Gasteiger partial charge is 0.222 e. The first kappa shape index (κ1) is 10.9. The Bertz CT molecular complexity index is 227. The standard InChI is InChI=1S/C11H20N2O2/c14-10-3-6-13(8-10)11(15)7-9-1-4-12-5-2-9/h9-10,12,14H,1-8H2/t10-/m0/s1. The Kier molecular flexibility index (Phi) is 3.59. The van der Waals surface area contributed by atoms with Crippen molar-refractivity contribution in [2.24, 2.45) is 5.92 Å². The summed E-state index contributed by atoms with van der Waals surface area (Å²) in [5, 5.41) is 12.7. The number of carbonyl (C=O) groups excluding carboxylic acids is 1. The molecule has 1 atom stereocenters. The van der Waals surface area contributed by atoms with E-state index in [0.29, 0.717) is 18.9 Å². The van der Waals surface area contributed by atoms with Gasteiger partial charge in [-0.1, -0.05) is 0 Å². The van der Waals surface area contributed by atoms with Crippen LogP contribution in [0.4, 0.5) is 0 Å². The minimum absolute atomic E-state index is 0.235. The van der Waals surface area contributed by atoms with Crippen molar-refractivity contribution in [1.29, 1.82) is 0 Å². The Hall–Kier alpha value is -0.610. The first-order valence-corrected chi connectivity index (χ1v) is 5.92. The number of nitrogens with one attached hydrogen (secondary N) is 1. The van der Waals surface area contributed by atoms with Gasteiger partial charge in [0, 0.05) is 19.5 Å². The van der Waals surface area contributed by atoms with Crippen LogP contribution >= 0.6 is 0 Å². The molecule has 0 saturated carbocycles. The van der Waals surface area contributed by atoms with E-state index >= 15 is 0 Å². The zero-order valence-corrected chi connectivity index (χ0v) is 9.11. The fourth-order valence-electron chi connectivity index (χ4n) is 2.43. The first-order chi connectivity index (χ1) is 7.25. The van der Waals surface area contributed by atoms with Gasteiger partial charge in [0.15, 0.2) is 0 Å². The number of amides is 1. The molecule has 2 rings (SSSR count). The van der Waals surface area contributed by atoms with Crippen molar-refractivity contribution < 1.29 is 9.90 Å². The van der Waals surface area contributed by atoms with E-state index < -0.39 is 0 Å². The molecule has 2 aliphatic rings. The van der Waals surface area contributed by atoms with Gasteiger partial charge < -0.3 is 15.3 Å². The van der Waals surface area contributed by atoms with E-state index in [9.17, 15) is 9.90 Å². The number of aliphatic hydroxyl groups excluding tert-OH is 1. The Morgan fingerprint density at radius 2 is 2.07 bits per heavy atom. The predicted molar refractivity (Wildman–Crippen MR) is 57.4 cm³/mol. The van der Waals surface area contributed by atoms with Crippen LogP contribution in [0.25, 0.3) is 0 Å². The maximum absolute atomic E-state index is 11.9. The summed E-state index contributed by atoms with van der Waals surface area (Å²) < 4.78 is 0. The van der Waals surface area contributed by atoms with Gasteiger partial charge in [-0.05, 0) is 38.3 Å². The maximum atomic E-state index is 11.9. The van der Waals surface area contributed by atoms with Crippen LogP contribution in [0.1, 0.15) is 25.7 Å². The number of carbonyl (C=O) groups is 1. The first-order valence-electron chi connectivity index (χ1n) is 5.92. The number of piperidine rings is 1. The van der Waals surface area contributed by atoms with Gasteiger partial charge in [-0.3, -0.25) is 4.79 Å². The molecule has 15 heavy (non-hydrogen) atoms. The van der Waals surface area contributed by atoms with Crippen molar-refractivity contribution in [2.45, 2.75) is 31.8 Å². The number of rotatable bonds is 2. The highest BCUT2D eigenvalue weighted by atomic mass is 16.3. The highest BCUT2D eigenvalue weighted by Crippen LogP contribution is 2.19. The van der Waals surface area contributed by atoms with E-state index in [1.54, 1.807) is 0 Å². The molecular weight excluding hydrogens is 192 g/mol. The van der Waals surface area contributed by atoms with E-state index in [2.05, 4.69) is 5.32 Å². The molecule has 2 aliphatic heterocycles. The summed E-state index contributed by atoms with van der Waals surface area (Å²) >= 11 is 0. The van der Waals surface area contributed by atoms with Crippen molar-refractivity contribution in [3.8, 4) is 0 Å². The zero-order chi connectivity index (χ0) is 10.7. The van der Waals surface area contributed by atoms with Crippen LogP contribution in [-0.2, 0) is 4.79 Å². The average molecular weight is 212 g/mol. The van der Waals surface area contributed by atoms with E-state index in [1.165, 1.54) is 0 Å². The molecular formula is C11H20N2O2. The quantitative estimate of drug-likeness (QED) is 0.676. The van der Waals surface area contributed by atoms with Gasteiger partial charge in [0.2, 0.25) is 5.91 Å². The SMILES string of the molecule is O=C(CC1CCNCC1)N1CC[C@H](O)C1. The second kappa shape index (κ2) is 4.94. The fourth-order valence-corrected chi connectivity index (χ4v) is 2.43. The summed E-state index contributed by atoms with van der Waals surface area (Å²) in [5.74, 6) is 0.787. The van der Waals surface area contributed by atoms with Crippen LogP contribution in [0, 0.1) is 5.92 Å². The number of β-amino-alcohol motifs (C(OH)–C–C–N with tert-alkyl or cyclic N) is 1. The summed E-state index contributed by atoms with van der Waals surface area (Å²) in [6, 6.07) is 0. The third-order valence-electron chi connectivity index (χ3n) is 3.44. The number of hydrogen-bond acceptors (Lipinski definition) is 3. The summed E-state index contributed by atoms with van der Waals surface area (Å²) in [6.45, 7) is 3.37. The Morgan fingerprint density at radius 3 is 2.67 bits per heavy atom. The van der Waals surface area contributed by atoms with Crippen LogP contribution in [0.15, 0.2) is 0 Å². The van der Waals surface area contributed by atoms with Crippen molar-refractivity contribution in [1.82, 2.24) is 10.2 Å². The van der Waals surface area contributed by atoms with Gasteiger partial charge in [-0.15, -0.1) is 0 Å². The van der Waals surface area contributed by atoms with Gasteiger partial charge in [0.25, 0.3) is 0 Å². The number of hydrogen-bond donors (Lipinski definition) is 2. The number of likely N-dealkylation sites (tertiary alicyclic amines) is 1. The molecule has 86 valence electrons. The number of aliphatic hydroxyl groups is 1. The molecule has 2 fully saturated rings. The highest BCUT2D eigenvalue weighted by Gasteiger charge is 2.26. The molecule has 0 bridgehead atoms. The lowest BCUT2D eigenvalue weighted by Crippen LogP contribution is -2.34. The van der Waals surface area contributed by atoms with Crippen LogP contribution in [-0.4, -0.2) is 48.2 Å². The molecule has 0 unspecified atom stereocenters. The minimum atomic E-state index is -0.290.